The van der Waals surface area contributed by atoms with Gasteiger partial charge >= 0.3 is 5.97 Å². The molecule has 1 heterocycles. The van der Waals surface area contributed by atoms with Crippen LogP contribution in [0.3, 0.4) is 0 Å². The van der Waals surface area contributed by atoms with E-state index in [0.717, 1.165) is 12.1 Å². The summed E-state index contributed by atoms with van der Waals surface area (Å²) < 4.78 is 13.5. The highest BCUT2D eigenvalue weighted by molar-refractivity contribution is 6.31. The topological polar surface area (TPSA) is 79.3 Å². The summed E-state index contributed by atoms with van der Waals surface area (Å²) in [4.78, 5) is 26.6. The molecule has 20 heavy (non-hydrogen) atoms. The molecule has 0 aliphatic carbocycles. The van der Waals surface area contributed by atoms with Crippen LogP contribution < -0.4 is 5.32 Å². The van der Waals surface area contributed by atoms with Crippen LogP contribution in [0.15, 0.2) is 36.7 Å². The number of carbonyl (C=O) groups is 2. The number of nitrogens with zero attached hydrogens (tertiary/aromatic N) is 1. The zero-order chi connectivity index (χ0) is 14.7. The summed E-state index contributed by atoms with van der Waals surface area (Å²) in [6, 6.07) is 4.74. The normalized spacial score (nSPS) is 10.1. The zero-order valence-corrected chi connectivity index (χ0v) is 10.7. The number of aromatic nitrogens is 1. The first-order valence-corrected chi connectivity index (χ1v) is 5.80. The van der Waals surface area contributed by atoms with Crippen molar-refractivity contribution in [1.29, 1.82) is 0 Å². The van der Waals surface area contributed by atoms with Crippen LogP contribution in [0.2, 0.25) is 5.02 Å². The highest BCUT2D eigenvalue weighted by atomic mass is 35.5. The SMILES string of the molecule is O=C(Nc1cnccc1C(=O)O)c1cc(Cl)ccc1F. The quantitative estimate of drug-likeness (QED) is 0.912. The molecule has 0 unspecified atom stereocenters. The van der Waals surface area contributed by atoms with Gasteiger partial charge in [0.15, 0.2) is 0 Å². The van der Waals surface area contributed by atoms with E-state index in [4.69, 9.17) is 16.7 Å². The molecule has 7 heteroatoms. The van der Waals surface area contributed by atoms with E-state index in [-0.39, 0.29) is 21.8 Å². The second-order valence-electron chi connectivity index (χ2n) is 3.80. The maximum Gasteiger partial charge on any atom is 0.337 e. The first-order chi connectivity index (χ1) is 9.49. The lowest BCUT2D eigenvalue weighted by Crippen LogP contribution is -2.16. The van der Waals surface area contributed by atoms with Crippen molar-refractivity contribution >= 4 is 29.2 Å². The molecule has 102 valence electrons. The monoisotopic (exact) mass is 294 g/mol. The molecule has 0 spiro atoms. The molecule has 0 saturated carbocycles. The highest BCUT2D eigenvalue weighted by Crippen LogP contribution is 2.18. The van der Waals surface area contributed by atoms with Crippen LogP contribution in [0, 0.1) is 5.82 Å². The van der Waals surface area contributed by atoms with Crippen LogP contribution in [0.25, 0.3) is 0 Å². The van der Waals surface area contributed by atoms with Gasteiger partial charge in [0, 0.05) is 11.2 Å². The minimum atomic E-state index is -1.23. The van der Waals surface area contributed by atoms with Crippen molar-refractivity contribution in [3.8, 4) is 0 Å². The number of benzene rings is 1. The Morgan fingerprint density at radius 3 is 2.70 bits per heavy atom. The number of carbonyl (C=O) groups excluding carboxylic acids is 1. The smallest absolute Gasteiger partial charge is 0.337 e. The molecule has 0 bridgehead atoms. The number of anilines is 1. The predicted molar refractivity (Wildman–Crippen MR) is 70.6 cm³/mol. The van der Waals surface area contributed by atoms with Gasteiger partial charge in [-0.1, -0.05) is 11.6 Å². The number of carboxylic acids is 1. The number of hydrogen-bond acceptors (Lipinski definition) is 3. The number of rotatable bonds is 3. The van der Waals surface area contributed by atoms with Crippen molar-refractivity contribution in [2.75, 3.05) is 5.32 Å². The summed E-state index contributed by atoms with van der Waals surface area (Å²) in [6.45, 7) is 0. The minimum Gasteiger partial charge on any atom is -0.478 e. The summed E-state index contributed by atoms with van der Waals surface area (Å²) in [5, 5.41) is 11.5. The van der Waals surface area contributed by atoms with E-state index in [1.54, 1.807) is 0 Å². The standard InChI is InChI=1S/C13H8ClFN2O3/c14-7-1-2-10(15)9(5-7)12(18)17-11-6-16-4-3-8(11)13(19)20/h1-6H,(H,17,18)(H,19,20). The Bertz CT molecular complexity index is 691. The lowest BCUT2D eigenvalue weighted by atomic mass is 10.1. The van der Waals surface area contributed by atoms with Crippen molar-refractivity contribution in [3.63, 3.8) is 0 Å². The maximum atomic E-state index is 13.5. The molecule has 0 fully saturated rings. The van der Waals surface area contributed by atoms with E-state index in [2.05, 4.69) is 10.3 Å². The molecule has 2 N–H and O–H groups in total. The van der Waals surface area contributed by atoms with Crippen LogP contribution in [-0.2, 0) is 0 Å². The van der Waals surface area contributed by atoms with Crippen molar-refractivity contribution in [3.05, 3.63) is 58.6 Å². The third-order valence-electron chi connectivity index (χ3n) is 2.47. The third kappa shape index (κ3) is 2.92. The van der Waals surface area contributed by atoms with Crippen molar-refractivity contribution in [2.24, 2.45) is 0 Å². The van der Waals surface area contributed by atoms with Crippen molar-refractivity contribution in [1.82, 2.24) is 4.98 Å². The van der Waals surface area contributed by atoms with Crippen LogP contribution in [0.5, 0.6) is 0 Å². The molecule has 0 atom stereocenters. The summed E-state index contributed by atoms with van der Waals surface area (Å²) in [5.74, 6) is -2.79. The Kier molecular flexibility index (Phi) is 3.95. The van der Waals surface area contributed by atoms with E-state index in [9.17, 15) is 14.0 Å². The molecule has 0 radical (unpaired) electrons. The van der Waals surface area contributed by atoms with E-state index >= 15 is 0 Å². The maximum absolute atomic E-state index is 13.5. The number of aromatic carboxylic acids is 1. The van der Waals surface area contributed by atoms with Gasteiger partial charge in [-0.15, -0.1) is 0 Å². The predicted octanol–water partition coefficient (Wildman–Crippen LogP) is 2.82. The molecule has 1 aromatic carbocycles. The number of amides is 1. The molecule has 1 aromatic heterocycles. The summed E-state index contributed by atoms with van der Waals surface area (Å²) in [6.07, 6.45) is 2.45. The number of hydrogen-bond donors (Lipinski definition) is 2. The van der Waals surface area contributed by atoms with Gasteiger partial charge in [0.05, 0.1) is 23.0 Å². The Balaban J connectivity index is 2.33. The van der Waals surface area contributed by atoms with Gasteiger partial charge in [0.25, 0.3) is 5.91 Å². The average molecular weight is 295 g/mol. The van der Waals surface area contributed by atoms with Gasteiger partial charge in [0.1, 0.15) is 5.82 Å². The molecule has 0 saturated heterocycles. The van der Waals surface area contributed by atoms with Crippen LogP contribution >= 0.6 is 11.6 Å². The Labute approximate surface area is 118 Å². The van der Waals surface area contributed by atoms with E-state index in [1.165, 1.54) is 24.5 Å². The molecule has 1 amide bonds. The molecule has 2 aromatic rings. The van der Waals surface area contributed by atoms with Crippen LogP contribution in [0.4, 0.5) is 10.1 Å². The van der Waals surface area contributed by atoms with E-state index in [0.29, 0.717) is 0 Å². The van der Waals surface area contributed by atoms with Crippen LogP contribution in [-0.4, -0.2) is 22.0 Å². The zero-order valence-electron chi connectivity index (χ0n) is 9.93. The Hall–Kier alpha value is -2.47. The van der Waals surface area contributed by atoms with Gasteiger partial charge in [-0.2, -0.15) is 0 Å². The van der Waals surface area contributed by atoms with Crippen LogP contribution in [0.1, 0.15) is 20.7 Å². The van der Waals surface area contributed by atoms with Gasteiger partial charge in [-0.05, 0) is 24.3 Å². The Morgan fingerprint density at radius 2 is 2.00 bits per heavy atom. The lowest BCUT2D eigenvalue weighted by molar-refractivity contribution is 0.0698. The molecule has 0 aliphatic rings. The van der Waals surface area contributed by atoms with Gasteiger partial charge in [-0.25, -0.2) is 9.18 Å². The minimum absolute atomic E-state index is 0.0237. The molecular weight excluding hydrogens is 287 g/mol. The molecular formula is C13H8ClFN2O3. The van der Waals surface area contributed by atoms with E-state index < -0.39 is 17.7 Å². The number of carboxylic acid groups (broad SMARTS) is 1. The second kappa shape index (κ2) is 5.66. The second-order valence-corrected chi connectivity index (χ2v) is 4.24. The fourth-order valence-corrected chi connectivity index (χ4v) is 1.71. The van der Waals surface area contributed by atoms with Gasteiger partial charge in [-0.3, -0.25) is 9.78 Å². The fourth-order valence-electron chi connectivity index (χ4n) is 1.54. The number of halogens is 2. The molecule has 2 rings (SSSR count). The Morgan fingerprint density at radius 1 is 1.25 bits per heavy atom. The number of pyridine rings is 1. The number of nitrogens with one attached hydrogen (secondary N) is 1. The largest absolute Gasteiger partial charge is 0.478 e. The molecule has 5 nitrogen and oxygen atoms in total. The average Bonchev–Trinajstić information content (AvgIpc) is 2.41. The first kappa shape index (κ1) is 14.0. The molecule has 0 aliphatic heterocycles. The fraction of sp³-hybridized carbons (Fsp3) is 0. The summed E-state index contributed by atoms with van der Waals surface area (Å²) >= 11 is 5.69. The van der Waals surface area contributed by atoms with Crippen molar-refractivity contribution < 1.29 is 19.1 Å². The van der Waals surface area contributed by atoms with Gasteiger partial charge in [0.2, 0.25) is 0 Å². The summed E-state index contributed by atoms with van der Waals surface area (Å²) in [5.41, 5.74) is -0.446. The lowest BCUT2D eigenvalue weighted by Gasteiger charge is -2.08. The third-order valence-corrected chi connectivity index (χ3v) is 2.71. The van der Waals surface area contributed by atoms with E-state index in [1.807, 2.05) is 0 Å². The van der Waals surface area contributed by atoms with Crippen molar-refractivity contribution in [2.45, 2.75) is 0 Å². The van der Waals surface area contributed by atoms with Gasteiger partial charge < -0.3 is 10.4 Å². The summed E-state index contributed by atoms with van der Waals surface area (Å²) in [7, 11) is 0. The highest BCUT2D eigenvalue weighted by Gasteiger charge is 2.16. The first-order valence-electron chi connectivity index (χ1n) is 5.42.